The fourth-order valence-electron chi connectivity index (χ4n) is 1.05. The largest absolute Gasteiger partial charge is 0.298 e. The van der Waals surface area contributed by atoms with E-state index in [4.69, 9.17) is 11.6 Å². The third-order valence-corrected chi connectivity index (χ3v) is 3.05. The summed E-state index contributed by atoms with van der Waals surface area (Å²) in [4.78, 5) is 21.6. The van der Waals surface area contributed by atoms with E-state index >= 15 is 0 Å². The van der Waals surface area contributed by atoms with E-state index in [0.29, 0.717) is 11.1 Å². The smallest absolute Gasteiger partial charge is 0.152 e. The molecule has 0 fully saturated rings. The monoisotopic (exact) mass is 274 g/mol. The Hall–Kier alpha value is -0.670. The summed E-state index contributed by atoms with van der Waals surface area (Å²) in [5, 5.41) is -0.704. The van der Waals surface area contributed by atoms with Crippen LogP contribution in [0.2, 0.25) is 0 Å². The quantitative estimate of drug-likeness (QED) is 0.627. The number of carbonyl (C=O) groups is 2. The standard InChI is InChI=1S/C10H8BrClO2/c1-6(14)10(12)8-4-7(5-13)2-3-9(8)11/h2-5,10H,1H3. The Morgan fingerprint density at radius 1 is 1.57 bits per heavy atom. The number of halogens is 2. The van der Waals surface area contributed by atoms with E-state index in [1.54, 1.807) is 18.2 Å². The first kappa shape index (κ1) is 11.4. The molecule has 0 bridgehead atoms. The minimum absolute atomic E-state index is 0.143. The molecular weight excluding hydrogens is 267 g/mol. The highest BCUT2D eigenvalue weighted by molar-refractivity contribution is 9.10. The van der Waals surface area contributed by atoms with E-state index in [1.807, 2.05) is 0 Å². The number of aldehydes is 1. The Morgan fingerprint density at radius 2 is 2.21 bits per heavy atom. The maximum absolute atomic E-state index is 11.1. The third-order valence-electron chi connectivity index (χ3n) is 1.79. The molecule has 0 aliphatic rings. The van der Waals surface area contributed by atoms with Gasteiger partial charge in [0, 0.05) is 10.0 Å². The molecule has 0 radical (unpaired) electrons. The molecule has 0 spiro atoms. The van der Waals surface area contributed by atoms with Crippen LogP contribution in [-0.4, -0.2) is 12.1 Å². The molecule has 0 saturated heterocycles. The molecule has 2 nitrogen and oxygen atoms in total. The Bertz CT molecular complexity index is 376. The van der Waals surface area contributed by atoms with Gasteiger partial charge in [0.15, 0.2) is 5.78 Å². The van der Waals surface area contributed by atoms with Crippen LogP contribution in [-0.2, 0) is 4.79 Å². The van der Waals surface area contributed by atoms with Crippen molar-refractivity contribution in [2.24, 2.45) is 0 Å². The van der Waals surface area contributed by atoms with Gasteiger partial charge in [-0.1, -0.05) is 22.0 Å². The zero-order chi connectivity index (χ0) is 10.7. The molecule has 0 saturated carbocycles. The summed E-state index contributed by atoms with van der Waals surface area (Å²) in [5.41, 5.74) is 1.14. The molecule has 1 aromatic carbocycles. The SMILES string of the molecule is CC(=O)C(Cl)c1cc(C=O)ccc1Br. The Kier molecular flexibility index (Phi) is 3.84. The molecule has 0 amide bonds. The lowest BCUT2D eigenvalue weighted by atomic mass is 10.1. The van der Waals surface area contributed by atoms with E-state index in [2.05, 4.69) is 15.9 Å². The molecule has 0 N–H and O–H groups in total. The maximum Gasteiger partial charge on any atom is 0.152 e. The van der Waals surface area contributed by atoms with Crippen molar-refractivity contribution in [2.45, 2.75) is 12.3 Å². The molecule has 1 aromatic rings. The van der Waals surface area contributed by atoms with E-state index in [1.165, 1.54) is 6.92 Å². The highest BCUT2D eigenvalue weighted by Crippen LogP contribution is 2.29. The fourth-order valence-corrected chi connectivity index (χ4v) is 1.84. The molecule has 0 aliphatic heterocycles. The highest BCUT2D eigenvalue weighted by atomic mass is 79.9. The first-order valence-corrected chi connectivity index (χ1v) is 5.18. The third kappa shape index (κ3) is 2.42. The number of hydrogen-bond acceptors (Lipinski definition) is 2. The normalized spacial score (nSPS) is 12.2. The maximum atomic E-state index is 11.1. The van der Waals surface area contributed by atoms with Crippen molar-refractivity contribution in [1.29, 1.82) is 0 Å². The van der Waals surface area contributed by atoms with E-state index in [9.17, 15) is 9.59 Å². The number of Topliss-reactive ketones (excluding diaryl/α,β-unsaturated/α-hetero) is 1. The van der Waals surface area contributed by atoms with Crippen molar-refractivity contribution in [3.05, 3.63) is 33.8 Å². The summed E-state index contributed by atoms with van der Waals surface area (Å²) >= 11 is 9.16. The van der Waals surface area contributed by atoms with E-state index in [-0.39, 0.29) is 5.78 Å². The topological polar surface area (TPSA) is 34.1 Å². The number of hydrogen-bond donors (Lipinski definition) is 0. The predicted octanol–water partition coefficient (Wildman–Crippen LogP) is 3.13. The van der Waals surface area contributed by atoms with Gasteiger partial charge in [-0.2, -0.15) is 0 Å². The first-order chi connectivity index (χ1) is 6.56. The van der Waals surface area contributed by atoms with Gasteiger partial charge >= 0.3 is 0 Å². The predicted molar refractivity (Wildman–Crippen MR) is 58.8 cm³/mol. The van der Waals surface area contributed by atoms with Gasteiger partial charge in [0.25, 0.3) is 0 Å². The zero-order valence-electron chi connectivity index (χ0n) is 7.46. The van der Waals surface area contributed by atoms with Gasteiger partial charge in [0.05, 0.1) is 0 Å². The fraction of sp³-hybridized carbons (Fsp3) is 0.200. The second-order valence-electron chi connectivity index (χ2n) is 2.87. The molecule has 74 valence electrons. The number of rotatable bonds is 3. The van der Waals surface area contributed by atoms with Gasteiger partial charge in [-0.3, -0.25) is 9.59 Å². The van der Waals surface area contributed by atoms with Gasteiger partial charge in [0.1, 0.15) is 11.7 Å². The minimum atomic E-state index is -0.704. The number of carbonyl (C=O) groups excluding carboxylic acids is 2. The van der Waals surface area contributed by atoms with Gasteiger partial charge in [-0.25, -0.2) is 0 Å². The molecule has 0 aliphatic carbocycles. The van der Waals surface area contributed by atoms with E-state index < -0.39 is 5.38 Å². The number of alkyl halides is 1. The molecule has 4 heteroatoms. The lowest BCUT2D eigenvalue weighted by Crippen LogP contribution is -2.03. The summed E-state index contributed by atoms with van der Waals surface area (Å²) in [5.74, 6) is -0.143. The van der Waals surface area contributed by atoms with Crippen LogP contribution < -0.4 is 0 Å². The van der Waals surface area contributed by atoms with Gasteiger partial charge in [-0.15, -0.1) is 11.6 Å². The van der Waals surface area contributed by atoms with Crippen LogP contribution in [0.4, 0.5) is 0 Å². The van der Waals surface area contributed by atoms with Crippen molar-refractivity contribution in [3.63, 3.8) is 0 Å². The Labute approximate surface area is 95.4 Å². The van der Waals surface area contributed by atoms with Gasteiger partial charge in [-0.05, 0) is 24.6 Å². The van der Waals surface area contributed by atoms with Crippen molar-refractivity contribution in [2.75, 3.05) is 0 Å². The van der Waals surface area contributed by atoms with Gasteiger partial charge < -0.3 is 0 Å². The number of ketones is 1. The summed E-state index contributed by atoms with van der Waals surface area (Å²) in [6.07, 6.45) is 0.722. The van der Waals surface area contributed by atoms with Crippen LogP contribution in [0.15, 0.2) is 22.7 Å². The second-order valence-corrected chi connectivity index (χ2v) is 4.16. The van der Waals surface area contributed by atoms with Crippen molar-refractivity contribution < 1.29 is 9.59 Å². The first-order valence-electron chi connectivity index (χ1n) is 3.95. The molecule has 1 unspecified atom stereocenters. The molecule has 1 rings (SSSR count). The minimum Gasteiger partial charge on any atom is -0.298 e. The highest BCUT2D eigenvalue weighted by Gasteiger charge is 2.16. The lowest BCUT2D eigenvalue weighted by Gasteiger charge is -2.08. The van der Waals surface area contributed by atoms with E-state index in [0.717, 1.165) is 10.8 Å². The second kappa shape index (κ2) is 4.71. The average Bonchev–Trinajstić information content (AvgIpc) is 2.17. The Balaban J connectivity index is 3.18. The van der Waals surface area contributed by atoms with Crippen LogP contribution >= 0.6 is 27.5 Å². The summed E-state index contributed by atoms with van der Waals surface area (Å²) in [6.45, 7) is 1.41. The lowest BCUT2D eigenvalue weighted by molar-refractivity contribution is -0.116. The van der Waals surface area contributed by atoms with Crippen LogP contribution in [0.25, 0.3) is 0 Å². The summed E-state index contributed by atoms with van der Waals surface area (Å²) < 4.78 is 0.735. The van der Waals surface area contributed by atoms with Gasteiger partial charge in [0.2, 0.25) is 0 Å². The molecule has 14 heavy (non-hydrogen) atoms. The van der Waals surface area contributed by atoms with Crippen LogP contribution in [0, 0.1) is 0 Å². The van der Waals surface area contributed by atoms with Crippen LogP contribution in [0.5, 0.6) is 0 Å². The summed E-state index contributed by atoms with van der Waals surface area (Å²) in [7, 11) is 0. The van der Waals surface area contributed by atoms with Crippen molar-refractivity contribution in [3.8, 4) is 0 Å². The zero-order valence-corrected chi connectivity index (χ0v) is 9.80. The Morgan fingerprint density at radius 3 is 2.71 bits per heavy atom. The molecular formula is C10H8BrClO2. The number of benzene rings is 1. The van der Waals surface area contributed by atoms with Crippen molar-refractivity contribution >= 4 is 39.6 Å². The van der Waals surface area contributed by atoms with Crippen LogP contribution in [0.1, 0.15) is 28.2 Å². The van der Waals surface area contributed by atoms with Crippen molar-refractivity contribution in [1.82, 2.24) is 0 Å². The summed E-state index contributed by atoms with van der Waals surface area (Å²) in [6, 6.07) is 4.97. The average molecular weight is 276 g/mol. The molecule has 0 heterocycles. The molecule has 1 atom stereocenters. The molecule has 0 aromatic heterocycles. The van der Waals surface area contributed by atoms with Crippen LogP contribution in [0.3, 0.4) is 0 Å².